The smallest absolute Gasteiger partial charge is 0.264 e. The Balaban J connectivity index is 1.83. The van der Waals surface area contributed by atoms with Crippen LogP contribution in [-0.2, 0) is 32.6 Å². The Morgan fingerprint density at radius 1 is 0.800 bits per heavy atom. The van der Waals surface area contributed by atoms with E-state index in [0.29, 0.717) is 18.9 Å². The molecule has 0 saturated heterocycles. The topological polar surface area (TPSA) is 96.0 Å². The molecule has 2 amide bonds. The van der Waals surface area contributed by atoms with Crippen LogP contribution in [0.2, 0.25) is 0 Å². The van der Waals surface area contributed by atoms with Gasteiger partial charge in [-0.1, -0.05) is 90.0 Å². The normalized spacial score (nSPS) is 11.8. The lowest BCUT2D eigenvalue weighted by molar-refractivity contribution is -0.140. The molecule has 4 aromatic rings. The molecule has 0 spiro atoms. The van der Waals surface area contributed by atoms with Crippen LogP contribution in [0.1, 0.15) is 36.1 Å². The Morgan fingerprint density at radius 3 is 2.13 bits per heavy atom. The van der Waals surface area contributed by atoms with Crippen molar-refractivity contribution in [1.29, 1.82) is 0 Å². The van der Waals surface area contributed by atoms with Crippen LogP contribution in [0.15, 0.2) is 108 Å². The molecular weight excluding hydrogens is 586 g/mol. The van der Waals surface area contributed by atoms with Crippen LogP contribution in [0.5, 0.6) is 5.75 Å². The summed E-state index contributed by atoms with van der Waals surface area (Å²) in [6, 6.07) is 29.6. The van der Waals surface area contributed by atoms with E-state index in [9.17, 15) is 18.0 Å². The minimum Gasteiger partial charge on any atom is -0.492 e. The summed E-state index contributed by atoms with van der Waals surface area (Å²) in [7, 11) is -4.23. The van der Waals surface area contributed by atoms with Gasteiger partial charge in [0.05, 0.1) is 17.2 Å². The molecule has 4 rings (SSSR count). The predicted molar refractivity (Wildman–Crippen MR) is 178 cm³/mol. The highest BCUT2D eigenvalue weighted by Gasteiger charge is 2.35. The number of carbonyl (C=O) groups excluding carboxylic acids is 2. The third kappa shape index (κ3) is 8.51. The van der Waals surface area contributed by atoms with Crippen LogP contribution in [0.4, 0.5) is 5.69 Å². The Morgan fingerprint density at radius 2 is 1.47 bits per heavy atom. The second kappa shape index (κ2) is 15.4. The largest absolute Gasteiger partial charge is 0.492 e. The second-order valence-electron chi connectivity index (χ2n) is 10.8. The standard InChI is InChI=1S/C36H41N3O5S/c1-5-37-36(41)33(24-29-14-8-7-9-15-29)38(25-30-16-12-13-28(4)23-30)35(40)26-39(32-17-10-11-18-34(32)44-6-2)45(42,43)31-21-19-27(3)20-22-31/h7-23,33H,5-6,24-26H2,1-4H3,(H,37,41). The number of anilines is 1. The van der Waals surface area contributed by atoms with Crippen molar-refractivity contribution in [3.63, 3.8) is 0 Å². The average molecular weight is 628 g/mol. The first-order valence-corrected chi connectivity index (χ1v) is 16.6. The molecule has 1 N–H and O–H groups in total. The minimum absolute atomic E-state index is 0.0435. The third-order valence-electron chi connectivity index (χ3n) is 7.38. The van der Waals surface area contributed by atoms with Gasteiger partial charge in [0.2, 0.25) is 11.8 Å². The summed E-state index contributed by atoms with van der Waals surface area (Å²) < 4.78 is 35.5. The maximum atomic E-state index is 14.6. The van der Waals surface area contributed by atoms with Gasteiger partial charge in [0.25, 0.3) is 10.0 Å². The number of carbonyl (C=O) groups is 2. The summed E-state index contributed by atoms with van der Waals surface area (Å²) in [5.41, 5.74) is 3.85. The van der Waals surface area contributed by atoms with E-state index < -0.39 is 28.5 Å². The molecule has 1 atom stereocenters. The number of hydrogen-bond acceptors (Lipinski definition) is 5. The van der Waals surface area contributed by atoms with Gasteiger partial charge in [0.1, 0.15) is 18.3 Å². The van der Waals surface area contributed by atoms with Crippen molar-refractivity contribution in [1.82, 2.24) is 10.2 Å². The Bertz CT molecular complexity index is 1690. The van der Waals surface area contributed by atoms with Crippen molar-refractivity contribution in [2.24, 2.45) is 0 Å². The van der Waals surface area contributed by atoms with E-state index in [1.165, 1.54) is 17.0 Å². The number of aryl methyl sites for hydroxylation is 2. The summed E-state index contributed by atoms with van der Waals surface area (Å²) >= 11 is 0. The van der Waals surface area contributed by atoms with Gasteiger partial charge in [0, 0.05) is 19.5 Å². The number of para-hydroxylation sites is 2. The maximum absolute atomic E-state index is 14.6. The maximum Gasteiger partial charge on any atom is 0.264 e. The fraction of sp³-hybridized carbons (Fsp3) is 0.278. The number of amides is 2. The molecule has 0 saturated carbocycles. The van der Waals surface area contributed by atoms with Crippen LogP contribution in [-0.4, -0.2) is 50.9 Å². The molecule has 45 heavy (non-hydrogen) atoms. The number of hydrogen-bond donors (Lipinski definition) is 1. The fourth-order valence-corrected chi connectivity index (χ4v) is 6.57. The van der Waals surface area contributed by atoms with Crippen molar-refractivity contribution in [2.75, 3.05) is 24.0 Å². The van der Waals surface area contributed by atoms with Crippen LogP contribution in [0, 0.1) is 13.8 Å². The molecule has 0 heterocycles. The lowest BCUT2D eigenvalue weighted by atomic mass is 10.0. The van der Waals surface area contributed by atoms with Crippen LogP contribution < -0.4 is 14.4 Å². The highest BCUT2D eigenvalue weighted by atomic mass is 32.2. The fourth-order valence-electron chi connectivity index (χ4n) is 5.14. The summed E-state index contributed by atoms with van der Waals surface area (Å²) in [5.74, 6) is -0.506. The summed E-state index contributed by atoms with van der Waals surface area (Å²) in [5, 5.41) is 2.89. The van der Waals surface area contributed by atoms with Crippen LogP contribution in [0.25, 0.3) is 0 Å². The molecule has 9 heteroatoms. The van der Waals surface area contributed by atoms with E-state index in [0.717, 1.165) is 26.6 Å². The zero-order valence-electron chi connectivity index (χ0n) is 26.3. The molecule has 0 aliphatic heterocycles. The number of rotatable bonds is 14. The lowest BCUT2D eigenvalue weighted by Gasteiger charge is -2.34. The van der Waals surface area contributed by atoms with Gasteiger partial charge in [0.15, 0.2) is 0 Å². The minimum atomic E-state index is -4.23. The molecule has 0 radical (unpaired) electrons. The van der Waals surface area contributed by atoms with Crippen molar-refractivity contribution in [3.8, 4) is 5.75 Å². The van der Waals surface area contributed by atoms with E-state index in [4.69, 9.17) is 4.74 Å². The third-order valence-corrected chi connectivity index (χ3v) is 9.15. The lowest BCUT2D eigenvalue weighted by Crippen LogP contribution is -2.53. The first-order valence-electron chi connectivity index (χ1n) is 15.1. The van der Waals surface area contributed by atoms with E-state index in [1.807, 2.05) is 82.3 Å². The van der Waals surface area contributed by atoms with E-state index in [1.54, 1.807) is 36.4 Å². The Labute approximate surface area is 266 Å². The molecule has 236 valence electrons. The van der Waals surface area contributed by atoms with E-state index in [2.05, 4.69) is 5.32 Å². The molecule has 0 fully saturated rings. The monoisotopic (exact) mass is 627 g/mol. The summed E-state index contributed by atoms with van der Waals surface area (Å²) in [6.07, 6.45) is 0.254. The number of benzene rings is 4. The van der Waals surface area contributed by atoms with E-state index in [-0.39, 0.29) is 29.5 Å². The van der Waals surface area contributed by atoms with Crippen molar-refractivity contribution in [2.45, 2.75) is 51.6 Å². The molecule has 0 aromatic heterocycles. The highest BCUT2D eigenvalue weighted by molar-refractivity contribution is 7.92. The predicted octanol–water partition coefficient (Wildman–Crippen LogP) is 5.67. The number of nitrogens with zero attached hydrogens (tertiary/aromatic N) is 2. The Kier molecular flexibility index (Phi) is 11.4. The van der Waals surface area contributed by atoms with E-state index >= 15 is 0 Å². The van der Waals surface area contributed by atoms with Gasteiger partial charge in [-0.25, -0.2) is 8.42 Å². The molecule has 8 nitrogen and oxygen atoms in total. The van der Waals surface area contributed by atoms with Crippen molar-refractivity contribution >= 4 is 27.5 Å². The molecule has 0 aliphatic rings. The number of ether oxygens (including phenoxy) is 1. The van der Waals surface area contributed by atoms with Crippen molar-refractivity contribution < 1.29 is 22.7 Å². The van der Waals surface area contributed by atoms with Gasteiger partial charge >= 0.3 is 0 Å². The summed E-state index contributed by atoms with van der Waals surface area (Å²) in [6.45, 7) is 7.72. The molecule has 4 aromatic carbocycles. The number of nitrogens with one attached hydrogen (secondary N) is 1. The SMILES string of the molecule is CCNC(=O)C(Cc1ccccc1)N(Cc1cccc(C)c1)C(=O)CN(c1ccccc1OCC)S(=O)(=O)c1ccc(C)cc1. The molecule has 0 bridgehead atoms. The van der Waals surface area contributed by atoms with Gasteiger partial charge in [-0.3, -0.25) is 13.9 Å². The molecule has 1 unspecified atom stereocenters. The first kappa shape index (κ1) is 33.3. The quantitative estimate of drug-likeness (QED) is 0.194. The zero-order chi connectivity index (χ0) is 32.4. The number of likely N-dealkylation sites (N-methyl/N-ethyl adjacent to an activating group) is 1. The average Bonchev–Trinajstić information content (AvgIpc) is 3.03. The van der Waals surface area contributed by atoms with Gasteiger partial charge in [-0.05, 0) is 63.1 Å². The highest BCUT2D eigenvalue weighted by Crippen LogP contribution is 2.33. The summed E-state index contributed by atoms with van der Waals surface area (Å²) in [4.78, 5) is 29.7. The van der Waals surface area contributed by atoms with Crippen LogP contribution in [0.3, 0.4) is 0 Å². The number of sulfonamides is 1. The van der Waals surface area contributed by atoms with Crippen molar-refractivity contribution in [3.05, 3.63) is 125 Å². The Hall–Kier alpha value is -4.63. The zero-order valence-corrected chi connectivity index (χ0v) is 27.1. The van der Waals surface area contributed by atoms with Crippen LogP contribution >= 0.6 is 0 Å². The van der Waals surface area contributed by atoms with Gasteiger partial charge in [-0.15, -0.1) is 0 Å². The first-order chi connectivity index (χ1) is 21.6. The molecular formula is C36H41N3O5S. The molecule has 0 aliphatic carbocycles. The second-order valence-corrected chi connectivity index (χ2v) is 12.7. The van der Waals surface area contributed by atoms with Gasteiger partial charge in [-0.2, -0.15) is 0 Å². The van der Waals surface area contributed by atoms with Gasteiger partial charge < -0.3 is 15.0 Å².